The zero-order valence-electron chi connectivity index (χ0n) is 14.3. The van der Waals surface area contributed by atoms with Crippen LogP contribution in [-0.2, 0) is 12.0 Å². The number of hydrogen-bond acceptors (Lipinski definition) is 1. The van der Waals surface area contributed by atoms with Gasteiger partial charge in [0.1, 0.15) is 17.5 Å². The van der Waals surface area contributed by atoms with Gasteiger partial charge in [0.25, 0.3) is 0 Å². The molecule has 0 saturated heterocycles. The SMILES string of the molecule is C.NC(N)=NC(=O)N1Cc2c(-c3c(F)cccc3F)ccc(F)c2C2(CC2)C1. The Bertz CT molecular complexity index is 961. The van der Waals surface area contributed by atoms with Crippen molar-refractivity contribution < 1.29 is 18.0 Å². The van der Waals surface area contributed by atoms with E-state index in [1.807, 2.05) is 0 Å². The summed E-state index contributed by atoms with van der Waals surface area (Å²) in [7, 11) is 0. The molecule has 0 atom stereocenters. The van der Waals surface area contributed by atoms with Crippen molar-refractivity contribution in [2.24, 2.45) is 16.5 Å². The number of carbonyl (C=O) groups is 1. The van der Waals surface area contributed by atoms with Gasteiger partial charge in [0.2, 0.25) is 0 Å². The Morgan fingerprint density at radius 1 is 1.04 bits per heavy atom. The van der Waals surface area contributed by atoms with Crippen LogP contribution in [0.1, 0.15) is 31.4 Å². The molecule has 2 aromatic rings. The van der Waals surface area contributed by atoms with E-state index >= 15 is 0 Å². The fourth-order valence-corrected chi connectivity index (χ4v) is 3.91. The molecular weight excluding hydrogens is 369 g/mol. The summed E-state index contributed by atoms with van der Waals surface area (Å²) in [6, 6.07) is 5.48. The predicted octanol–water partition coefficient (Wildman–Crippen LogP) is 3.65. The van der Waals surface area contributed by atoms with Crippen LogP contribution in [0.3, 0.4) is 0 Å². The number of halogens is 3. The van der Waals surface area contributed by atoms with E-state index in [1.165, 1.54) is 23.1 Å². The van der Waals surface area contributed by atoms with E-state index in [-0.39, 0.29) is 37.6 Å². The average Bonchev–Trinajstić information content (AvgIpc) is 3.35. The van der Waals surface area contributed by atoms with Crippen molar-refractivity contribution in [2.75, 3.05) is 6.54 Å². The molecule has 8 heteroatoms. The number of guanidine groups is 1. The summed E-state index contributed by atoms with van der Waals surface area (Å²) in [6.07, 6.45) is 1.34. The van der Waals surface area contributed by atoms with Gasteiger partial charge in [-0.25, -0.2) is 18.0 Å². The van der Waals surface area contributed by atoms with E-state index in [0.717, 1.165) is 12.1 Å². The lowest BCUT2D eigenvalue weighted by Gasteiger charge is -2.35. The van der Waals surface area contributed by atoms with Gasteiger partial charge in [-0.05, 0) is 42.2 Å². The standard InChI is InChI=1S/C19H17F3N4O.CH4/c20-12-2-1-3-13(21)15(12)10-4-5-14(22)16-11(10)8-26(9-19(16)6-7-19)18(27)25-17(23)24;/h1-5H,6-9H2,(H4,23,24,25,27);1H4. The van der Waals surface area contributed by atoms with Gasteiger partial charge in [-0.1, -0.05) is 19.6 Å². The van der Waals surface area contributed by atoms with Gasteiger partial charge in [0.15, 0.2) is 5.96 Å². The first-order chi connectivity index (χ1) is 12.8. The highest BCUT2D eigenvalue weighted by Gasteiger charge is 2.52. The summed E-state index contributed by atoms with van der Waals surface area (Å²) >= 11 is 0. The van der Waals surface area contributed by atoms with Crippen LogP contribution in [0, 0.1) is 17.5 Å². The van der Waals surface area contributed by atoms with E-state index in [1.54, 1.807) is 0 Å². The van der Waals surface area contributed by atoms with E-state index in [4.69, 9.17) is 11.5 Å². The normalized spacial score (nSPS) is 16.2. The second-order valence-electron chi connectivity index (χ2n) is 7.00. The maximum atomic E-state index is 14.7. The summed E-state index contributed by atoms with van der Waals surface area (Å²) in [5.74, 6) is -2.31. The summed E-state index contributed by atoms with van der Waals surface area (Å²) in [6.45, 7) is 0.226. The third-order valence-corrected chi connectivity index (χ3v) is 5.22. The lowest BCUT2D eigenvalue weighted by atomic mass is 9.82. The van der Waals surface area contributed by atoms with Crippen LogP contribution in [0.25, 0.3) is 11.1 Å². The van der Waals surface area contributed by atoms with E-state index in [9.17, 15) is 18.0 Å². The Hall–Kier alpha value is -3.03. The smallest absolute Gasteiger partial charge is 0.347 e. The summed E-state index contributed by atoms with van der Waals surface area (Å²) in [5.41, 5.74) is 10.8. The van der Waals surface area contributed by atoms with Crippen molar-refractivity contribution in [1.82, 2.24) is 4.90 Å². The maximum Gasteiger partial charge on any atom is 0.347 e. The molecule has 148 valence electrons. The van der Waals surface area contributed by atoms with Crippen molar-refractivity contribution in [2.45, 2.75) is 32.2 Å². The first kappa shape index (κ1) is 19.7. The number of amides is 2. The fraction of sp³-hybridized carbons (Fsp3) is 0.300. The molecule has 2 amide bonds. The molecule has 0 radical (unpaired) electrons. The molecule has 2 aromatic carbocycles. The van der Waals surface area contributed by atoms with Gasteiger partial charge in [-0.2, -0.15) is 4.99 Å². The molecule has 28 heavy (non-hydrogen) atoms. The molecule has 1 aliphatic carbocycles. The Kier molecular flexibility index (Phi) is 4.82. The first-order valence-electron chi connectivity index (χ1n) is 8.47. The van der Waals surface area contributed by atoms with E-state index in [0.29, 0.717) is 24.0 Å². The molecule has 2 aliphatic rings. The van der Waals surface area contributed by atoms with Crippen molar-refractivity contribution in [3.63, 3.8) is 0 Å². The van der Waals surface area contributed by atoms with Gasteiger partial charge in [-0.3, -0.25) is 0 Å². The zero-order chi connectivity index (χ0) is 19.3. The topological polar surface area (TPSA) is 84.7 Å². The van der Waals surface area contributed by atoms with Crippen LogP contribution in [0.2, 0.25) is 0 Å². The predicted molar refractivity (Wildman–Crippen MR) is 101 cm³/mol. The minimum atomic E-state index is -0.749. The van der Waals surface area contributed by atoms with Crippen LogP contribution in [-0.4, -0.2) is 23.4 Å². The number of carbonyl (C=O) groups excluding carboxylic acids is 1. The van der Waals surface area contributed by atoms with Crippen LogP contribution in [0.4, 0.5) is 18.0 Å². The molecule has 0 bridgehead atoms. The summed E-state index contributed by atoms with van der Waals surface area (Å²) in [5, 5.41) is 0. The Labute approximate surface area is 160 Å². The lowest BCUT2D eigenvalue weighted by molar-refractivity contribution is 0.192. The average molecular weight is 390 g/mol. The Morgan fingerprint density at radius 3 is 2.25 bits per heavy atom. The number of urea groups is 1. The van der Waals surface area contributed by atoms with Gasteiger partial charge in [0.05, 0.1) is 5.56 Å². The monoisotopic (exact) mass is 390 g/mol. The van der Waals surface area contributed by atoms with Gasteiger partial charge in [0, 0.05) is 24.1 Å². The molecule has 0 unspecified atom stereocenters. The quantitative estimate of drug-likeness (QED) is 0.576. The number of aliphatic imine (C=N–C) groups is 1. The third-order valence-electron chi connectivity index (χ3n) is 5.22. The molecule has 1 heterocycles. The number of nitrogens with two attached hydrogens (primary N) is 2. The molecule has 1 saturated carbocycles. The molecule has 4 rings (SSSR count). The molecule has 5 nitrogen and oxygen atoms in total. The highest BCUT2D eigenvalue weighted by atomic mass is 19.1. The molecule has 4 N–H and O–H groups in total. The molecule has 1 fully saturated rings. The largest absolute Gasteiger partial charge is 0.370 e. The van der Waals surface area contributed by atoms with E-state index in [2.05, 4.69) is 4.99 Å². The molecular formula is C20H21F3N4O. The summed E-state index contributed by atoms with van der Waals surface area (Å²) < 4.78 is 43.4. The zero-order valence-corrected chi connectivity index (χ0v) is 14.3. The minimum Gasteiger partial charge on any atom is -0.370 e. The van der Waals surface area contributed by atoms with Gasteiger partial charge >= 0.3 is 6.03 Å². The van der Waals surface area contributed by atoms with Crippen molar-refractivity contribution in [3.05, 3.63) is 58.9 Å². The second-order valence-corrected chi connectivity index (χ2v) is 7.00. The van der Waals surface area contributed by atoms with Crippen LogP contribution >= 0.6 is 0 Å². The molecule has 0 aromatic heterocycles. The number of benzene rings is 2. The second kappa shape index (κ2) is 6.85. The number of hydrogen-bond donors (Lipinski definition) is 2. The van der Waals surface area contributed by atoms with Gasteiger partial charge in [-0.15, -0.1) is 0 Å². The first-order valence-corrected chi connectivity index (χ1v) is 8.47. The van der Waals surface area contributed by atoms with Crippen LogP contribution < -0.4 is 11.5 Å². The number of fused-ring (bicyclic) bond motifs is 2. The van der Waals surface area contributed by atoms with Crippen molar-refractivity contribution >= 4 is 12.0 Å². The van der Waals surface area contributed by atoms with Crippen LogP contribution in [0.5, 0.6) is 0 Å². The van der Waals surface area contributed by atoms with Gasteiger partial charge < -0.3 is 16.4 Å². The van der Waals surface area contributed by atoms with E-state index < -0.39 is 28.9 Å². The van der Waals surface area contributed by atoms with Crippen molar-refractivity contribution in [3.8, 4) is 11.1 Å². The fourth-order valence-electron chi connectivity index (χ4n) is 3.91. The molecule has 1 spiro atoms. The van der Waals surface area contributed by atoms with Crippen LogP contribution in [0.15, 0.2) is 35.3 Å². The Morgan fingerprint density at radius 2 is 1.68 bits per heavy atom. The highest BCUT2D eigenvalue weighted by molar-refractivity contribution is 5.91. The summed E-state index contributed by atoms with van der Waals surface area (Å²) in [4.78, 5) is 17.3. The van der Waals surface area contributed by atoms with Crippen molar-refractivity contribution in [1.29, 1.82) is 0 Å². The minimum absolute atomic E-state index is 0. The number of rotatable bonds is 1. The number of nitrogens with zero attached hydrogens (tertiary/aromatic N) is 2. The highest BCUT2D eigenvalue weighted by Crippen LogP contribution is 2.55. The molecule has 1 aliphatic heterocycles. The maximum absolute atomic E-state index is 14.7. The lowest BCUT2D eigenvalue weighted by Crippen LogP contribution is -2.42. The third kappa shape index (κ3) is 3.08. The Balaban J connectivity index is 0.00000225.